The molecule has 0 bridgehead atoms. The molecule has 20 heavy (non-hydrogen) atoms. The molecule has 1 N–H and O–H groups in total. The maximum Gasteiger partial charge on any atom is 0.303 e. The van der Waals surface area contributed by atoms with Crippen LogP contribution in [0.2, 0.25) is 0 Å². The number of unbranched alkanes of at least 4 members (excludes halogenated alkanes) is 5. The lowest BCUT2D eigenvalue weighted by Gasteiger charge is -1.96. The molecule has 0 aromatic heterocycles. The third-order valence-electron chi connectivity index (χ3n) is 3.02. The van der Waals surface area contributed by atoms with Crippen molar-refractivity contribution in [1.82, 2.24) is 0 Å². The maximum atomic E-state index is 10.3. The summed E-state index contributed by atoms with van der Waals surface area (Å²) in [5, 5.41) is 8.50. The number of hydrogen-bond donors (Lipinski definition) is 1. The lowest BCUT2D eigenvalue weighted by Crippen LogP contribution is -1.93. The number of rotatable bonds is 13. The van der Waals surface area contributed by atoms with Gasteiger partial charge in [-0.1, -0.05) is 56.2 Å². The average molecular weight is 278 g/mol. The molecular formula is C18H30O2. The first-order valence-electron chi connectivity index (χ1n) is 7.94. The highest BCUT2D eigenvalue weighted by molar-refractivity contribution is 5.66. The van der Waals surface area contributed by atoms with E-state index in [-0.39, 0.29) is 0 Å². The smallest absolute Gasteiger partial charge is 0.303 e. The third-order valence-corrected chi connectivity index (χ3v) is 3.02. The SMILES string of the molecule is CCC=CCC=CCCC=CCCCCCCC(=O)O. The van der Waals surface area contributed by atoms with Gasteiger partial charge < -0.3 is 5.11 Å². The zero-order valence-electron chi connectivity index (χ0n) is 12.9. The molecule has 114 valence electrons. The van der Waals surface area contributed by atoms with E-state index in [9.17, 15) is 4.79 Å². The van der Waals surface area contributed by atoms with Crippen LogP contribution in [0.1, 0.15) is 71.1 Å². The van der Waals surface area contributed by atoms with Crippen LogP contribution in [0.25, 0.3) is 0 Å². The van der Waals surface area contributed by atoms with Crippen molar-refractivity contribution < 1.29 is 9.90 Å². The molecule has 0 aliphatic rings. The van der Waals surface area contributed by atoms with E-state index in [0.717, 1.165) is 51.4 Å². The van der Waals surface area contributed by atoms with Crippen molar-refractivity contribution in [2.24, 2.45) is 0 Å². The summed E-state index contributed by atoms with van der Waals surface area (Å²) in [6, 6.07) is 0. The average Bonchev–Trinajstić information content (AvgIpc) is 2.43. The van der Waals surface area contributed by atoms with Crippen LogP contribution in [0.4, 0.5) is 0 Å². The second-order valence-electron chi connectivity index (χ2n) is 4.98. The van der Waals surface area contributed by atoms with Gasteiger partial charge in [-0.15, -0.1) is 0 Å². The number of carboxylic acids is 1. The van der Waals surface area contributed by atoms with Crippen molar-refractivity contribution in [3.8, 4) is 0 Å². The predicted molar refractivity (Wildman–Crippen MR) is 86.9 cm³/mol. The van der Waals surface area contributed by atoms with Crippen molar-refractivity contribution in [3.05, 3.63) is 36.5 Å². The summed E-state index contributed by atoms with van der Waals surface area (Å²) in [5.41, 5.74) is 0. The van der Waals surface area contributed by atoms with Crippen LogP contribution in [-0.2, 0) is 4.79 Å². The number of aliphatic carboxylic acids is 1. The van der Waals surface area contributed by atoms with Gasteiger partial charge in [-0.25, -0.2) is 0 Å². The van der Waals surface area contributed by atoms with Crippen LogP contribution in [0.15, 0.2) is 36.5 Å². The zero-order valence-corrected chi connectivity index (χ0v) is 12.9. The Bertz CT molecular complexity index is 301. The minimum absolute atomic E-state index is 0.315. The Labute approximate surface area is 124 Å². The first kappa shape index (κ1) is 18.7. The Hall–Kier alpha value is -1.31. The number of hydrogen-bond acceptors (Lipinski definition) is 1. The van der Waals surface area contributed by atoms with E-state index < -0.39 is 5.97 Å². The van der Waals surface area contributed by atoms with Crippen LogP contribution in [-0.4, -0.2) is 11.1 Å². The number of carboxylic acid groups (broad SMARTS) is 1. The fourth-order valence-electron chi connectivity index (χ4n) is 1.88. The lowest BCUT2D eigenvalue weighted by atomic mass is 10.1. The molecule has 0 amide bonds. The molecule has 0 saturated carbocycles. The van der Waals surface area contributed by atoms with Crippen molar-refractivity contribution in [2.75, 3.05) is 0 Å². The molecule has 0 aliphatic heterocycles. The highest BCUT2D eigenvalue weighted by atomic mass is 16.4. The van der Waals surface area contributed by atoms with Crippen LogP contribution in [0, 0.1) is 0 Å². The van der Waals surface area contributed by atoms with Gasteiger partial charge in [0, 0.05) is 6.42 Å². The molecule has 0 aliphatic carbocycles. The first-order valence-corrected chi connectivity index (χ1v) is 7.94. The van der Waals surface area contributed by atoms with E-state index in [1.807, 2.05) is 0 Å². The summed E-state index contributed by atoms with van der Waals surface area (Å²) >= 11 is 0. The monoisotopic (exact) mass is 278 g/mol. The third kappa shape index (κ3) is 16.7. The number of allylic oxidation sites excluding steroid dienone is 6. The maximum absolute atomic E-state index is 10.3. The van der Waals surface area contributed by atoms with Crippen molar-refractivity contribution in [2.45, 2.75) is 71.1 Å². The van der Waals surface area contributed by atoms with Gasteiger partial charge in [-0.2, -0.15) is 0 Å². The van der Waals surface area contributed by atoms with E-state index in [1.54, 1.807) is 0 Å². The van der Waals surface area contributed by atoms with Crippen molar-refractivity contribution in [3.63, 3.8) is 0 Å². The molecule has 0 radical (unpaired) electrons. The van der Waals surface area contributed by atoms with E-state index in [2.05, 4.69) is 43.4 Å². The van der Waals surface area contributed by atoms with Gasteiger partial charge in [-0.3, -0.25) is 4.79 Å². The van der Waals surface area contributed by atoms with E-state index in [0.29, 0.717) is 6.42 Å². The van der Waals surface area contributed by atoms with E-state index in [1.165, 1.54) is 6.42 Å². The van der Waals surface area contributed by atoms with Crippen LogP contribution >= 0.6 is 0 Å². The molecule has 0 saturated heterocycles. The Balaban J connectivity index is 3.24. The molecule has 0 fully saturated rings. The highest BCUT2D eigenvalue weighted by Gasteiger charge is 1.95. The summed E-state index contributed by atoms with van der Waals surface area (Å²) in [7, 11) is 0. The molecule has 0 unspecified atom stereocenters. The molecule has 0 spiro atoms. The molecule has 0 heterocycles. The fourth-order valence-corrected chi connectivity index (χ4v) is 1.88. The van der Waals surface area contributed by atoms with Gasteiger partial charge in [0.05, 0.1) is 0 Å². The van der Waals surface area contributed by atoms with E-state index >= 15 is 0 Å². The molecule has 0 atom stereocenters. The molecule has 0 aromatic rings. The van der Waals surface area contributed by atoms with Gasteiger partial charge in [-0.05, 0) is 44.9 Å². The van der Waals surface area contributed by atoms with Gasteiger partial charge in [0.2, 0.25) is 0 Å². The standard InChI is InChI=1S/C18H30O2/c1-2-3-4-5-6-7-8-9-10-11-12-13-14-15-16-17-18(19)20/h3-4,6-7,10-11H,2,5,8-9,12-17H2,1H3,(H,19,20). The minimum atomic E-state index is -0.678. The Kier molecular flexibility index (Phi) is 14.7. The summed E-state index contributed by atoms with van der Waals surface area (Å²) in [6.45, 7) is 2.15. The fraction of sp³-hybridized carbons (Fsp3) is 0.611. The molecular weight excluding hydrogens is 248 g/mol. The normalized spacial score (nSPS) is 12.1. The largest absolute Gasteiger partial charge is 0.481 e. The summed E-state index contributed by atoms with van der Waals surface area (Å²) in [6.07, 6.45) is 23.4. The topological polar surface area (TPSA) is 37.3 Å². The second-order valence-corrected chi connectivity index (χ2v) is 4.98. The Morgan fingerprint density at radius 3 is 2.10 bits per heavy atom. The summed E-state index contributed by atoms with van der Waals surface area (Å²) < 4.78 is 0. The van der Waals surface area contributed by atoms with Gasteiger partial charge in [0.25, 0.3) is 0 Å². The molecule has 2 nitrogen and oxygen atoms in total. The van der Waals surface area contributed by atoms with Crippen LogP contribution < -0.4 is 0 Å². The number of carbonyl (C=O) groups is 1. The Morgan fingerprint density at radius 2 is 1.40 bits per heavy atom. The zero-order chi connectivity index (χ0) is 14.9. The minimum Gasteiger partial charge on any atom is -0.481 e. The van der Waals surface area contributed by atoms with Crippen molar-refractivity contribution >= 4 is 5.97 Å². The quantitative estimate of drug-likeness (QED) is 0.348. The summed E-state index contributed by atoms with van der Waals surface area (Å²) in [4.78, 5) is 10.3. The summed E-state index contributed by atoms with van der Waals surface area (Å²) in [5.74, 6) is -0.678. The molecule has 2 heteroatoms. The highest BCUT2D eigenvalue weighted by Crippen LogP contribution is 2.06. The first-order chi connectivity index (χ1) is 9.77. The van der Waals surface area contributed by atoms with Gasteiger partial charge >= 0.3 is 5.97 Å². The molecule has 0 rings (SSSR count). The van der Waals surface area contributed by atoms with E-state index in [4.69, 9.17) is 5.11 Å². The van der Waals surface area contributed by atoms with Crippen LogP contribution in [0.5, 0.6) is 0 Å². The van der Waals surface area contributed by atoms with Crippen LogP contribution in [0.3, 0.4) is 0 Å². The lowest BCUT2D eigenvalue weighted by molar-refractivity contribution is -0.137. The molecule has 0 aromatic carbocycles. The van der Waals surface area contributed by atoms with Gasteiger partial charge in [0.15, 0.2) is 0 Å². The Morgan fingerprint density at radius 1 is 0.800 bits per heavy atom. The van der Waals surface area contributed by atoms with Gasteiger partial charge in [0.1, 0.15) is 0 Å². The van der Waals surface area contributed by atoms with Crippen molar-refractivity contribution in [1.29, 1.82) is 0 Å². The predicted octanol–water partition coefficient (Wildman–Crippen LogP) is 5.66. The second kappa shape index (κ2) is 15.7.